The minimum Gasteiger partial charge on any atom is -0.369 e. The van der Waals surface area contributed by atoms with E-state index in [1.165, 1.54) is 5.69 Å². The number of benzene rings is 1. The number of nitrogens with one attached hydrogen (secondary N) is 1. The van der Waals surface area contributed by atoms with E-state index in [1.807, 2.05) is 24.4 Å². The molecule has 7 nitrogen and oxygen atoms in total. The fourth-order valence-electron chi connectivity index (χ4n) is 4.47. The molecule has 4 rings (SSSR count). The first-order valence-electron chi connectivity index (χ1n) is 11.8. The van der Waals surface area contributed by atoms with Crippen LogP contribution in [-0.4, -0.2) is 86.1 Å². The predicted octanol–water partition coefficient (Wildman–Crippen LogP) is 2.29. The number of nitrogens with zero attached hydrogens (tertiary/aromatic N) is 5. The van der Waals surface area contributed by atoms with Crippen molar-refractivity contribution in [3.63, 3.8) is 0 Å². The molecule has 2 aromatic rings. The van der Waals surface area contributed by atoms with Gasteiger partial charge in [0, 0.05) is 88.0 Å². The maximum absolute atomic E-state index is 12.8. The van der Waals surface area contributed by atoms with Gasteiger partial charge >= 0.3 is 0 Å². The van der Waals surface area contributed by atoms with Gasteiger partial charge in [-0.3, -0.25) is 9.69 Å². The molecule has 0 atom stereocenters. The molecule has 1 aromatic heterocycles. The lowest BCUT2D eigenvalue weighted by Gasteiger charge is -2.38. The highest BCUT2D eigenvalue weighted by atomic mass is 16.1. The van der Waals surface area contributed by atoms with Crippen molar-refractivity contribution in [2.45, 2.75) is 26.4 Å². The molecule has 3 heterocycles. The van der Waals surface area contributed by atoms with E-state index in [9.17, 15) is 4.79 Å². The third-order valence-electron chi connectivity index (χ3n) is 6.65. The van der Waals surface area contributed by atoms with Gasteiger partial charge in [0.2, 0.25) is 0 Å². The highest BCUT2D eigenvalue weighted by Gasteiger charge is 2.20. The lowest BCUT2D eigenvalue weighted by Crippen LogP contribution is -2.48. The monoisotopic (exact) mass is 436 g/mol. The number of aromatic nitrogens is 1. The maximum atomic E-state index is 12.8. The molecule has 2 aliphatic rings. The second kappa shape index (κ2) is 10.3. The van der Waals surface area contributed by atoms with E-state index in [0.717, 1.165) is 63.7 Å². The minimum atomic E-state index is -0.0469. The normalized spacial score (nSPS) is 18.2. The molecule has 7 heteroatoms. The molecule has 172 valence electrons. The highest BCUT2D eigenvalue weighted by molar-refractivity contribution is 5.94. The van der Waals surface area contributed by atoms with Gasteiger partial charge in [-0.2, -0.15) is 0 Å². The van der Waals surface area contributed by atoms with Gasteiger partial charge in [0.1, 0.15) is 5.82 Å². The lowest BCUT2D eigenvalue weighted by atomic mass is 10.1. The van der Waals surface area contributed by atoms with Crippen molar-refractivity contribution < 1.29 is 4.79 Å². The van der Waals surface area contributed by atoms with Gasteiger partial charge in [-0.05, 0) is 51.2 Å². The van der Waals surface area contributed by atoms with E-state index >= 15 is 0 Å². The van der Waals surface area contributed by atoms with Crippen molar-refractivity contribution >= 4 is 17.4 Å². The van der Waals surface area contributed by atoms with Crippen LogP contribution in [0.4, 0.5) is 11.5 Å². The fourth-order valence-corrected chi connectivity index (χ4v) is 4.47. The molecule has 1 amide bonds. The number of hydrogen-bond donors (Lipinski definition) is 1. The molecule has 1 aromatic carbocycles. The molecule has 1 N–H and O–H groups in total. The van der Waals surface area contributed by atoms with Crippen LogP contribution in [-0.2, 0) is 6.54 Å². The summed E-state index contributed by atoms with van der Waals surface area (Å²) in [5, 5.41) is 3.08. The summed E-state index contributed by atoms with van der Waals surface area (Å²) in [6.45, 7) is 13.2. The molecule has 0 radical (unpaired) electrons. The summed E-state index contributed by atoms with van der Waals surface area (Å²) >= 11 is 0. The summed E-state index contributed by atoms with van der Waals surface area (Å²) in [6.07, 6.45) is 1.83. The van der Waals surface area contributed by atoms with Crippen molar-refractivity contribution in [3.8, 4) is 0 Å². The molecule has 2 fully saturated rings. The summed E-state index contributed by atoms with van der Waals surface area (Å²) in [7, 11) is 2.15. The molecule has 2 saturated heterocycles. The van der Waals surface area contributed by atoms with Crippen LogP contribution in [0.2, 0.25) is 0 Å². The minimum absolute atomic E-state index is 0.0469. The van der Waals surface area contributed by atoms with Crippen LogP contribution in [0.15, 0.2) is 42.6 Å². The standard InChI is InChI=1S/C25H36N6O/c1-20(2)29-15-17-30(18-16-29)23-8-6-21(7-9-23)25(32)27-19-22-5-4-10-26-24(22)31-13-11-28(3)12-14-31/h4-10,20H,11-19H2,1-3H3,(H,27,32). The van der Waals surface area contributed by atoms with E-state index in [0.29, 0.717) is 18.2 Å². The van der Waals surface area contributed by atoms with Crippen molar-refractivity contribution in [2.75, 3.05) is 69.2 Å². The average Bonchev–Trinajstić information content (AvgIpc) is 2.83. The van der Waals surface area contributed by atoms with Crippen LogP contribution in [0.25, 0.3) is 0 Å². The number of amides is 1. The molecular formula is C25H36N6O. The number of carbonyl (C=O) groups is 1. The molecular weight excluding hydrogens is 400 g/mol. The zero-order valence-corrected chi connectivity index (χ0v) is 19.6. The Bertz CT molecular complexity index is 884. The second-order valence-electron chi connectivity index (χ2n) is 9.12. The third-order valence-corrected chi connectivity index (χ3v) is 6.65. The van der Waals surface area contributed by atoms with Crippen molar-refractivity contribution in [1.29, 1.82) is 0 Å². The Hall–Kier alpha value is -2.64. The van der Waals surface area contributed by atoms with Crippen molar-refractivity contribution in [1.82, 2.24) is 20.1 Å². The largest absolute Gasteiger partial charge is 0.369 e. The lowest BCUT2D eigenvalue weighted by molar-refractivity contribution is 0.0951. The molecule has 0 unspecified atom stereocenters. The predicted molar refractivity (Wildman–Crippen MR) is 130 cm³/mol. The van der Waals surface area contributed by atoms with Gasteiger partial charge in [0.15, 0.2) is 0 Å². The van der Waals surface area contributed by atoms with Crippen LogP contribution in [0, 0.1) is 0 Å². The Balaban J connectivity index is 1.33. The average molecular weight is 437 g/mol. The number of pyridine rings is 1. The Morgan fingerprint density at radius 3 is 2.25 bits per heavy atom. The van der Waals surface area contributed by atoms with Gasteiger partial charge in [0.25, 0.3) is 5.91 Å². The molecule has 0 spiro atoms. The molecule has 0 aliphatic carbocycles. The fraction of sp³-hybridized carbons (Fsp3) is 0.520. The topological polar surface area (TPSA) is 55.0 Å². The van der Waals surface area contributed by atoms with E-state index in [-0.39, 0.29) is 5.91 Å². The van der Waals surface area contributed by atoms with Crippen LogP contribution in [0.1, 0.15) is 29.8 Å². The van der Waals surface area contributed by atoms with Gasteiger partial charge in [-0.15, -0.1) is 0 Å². The number of piperazine rings is 2. The SMILES string of the molecule is CC(C)N1CCN(c2ccc(C(=O)NCc3cccnc3N3CCN(C)CC3)cc2)CC1. The van der Waals surface area contributed by atoms with Crippen molar-refractivity contribution in [2.24, 2.45) is 0 Å². The Labute approximate surface area is 192 Å². The zero-order chi connectivity index (χ0) is 22.5. The molecule has 2 aliphatic heterocycles. The Morgan fingerprint density at radius 1 is 0.938 bits per heavy atom. The van der Waals surface area contributed by atoms with Crippen LogP contribution < -0.4 is 15.1 Å². The third kappa shape index (κ3) is 5.40. The van der Waals surface area contributed by atoms with Gasteiger partial charge in [-0.25, -0.2) is 4.98 Å². The number of likely N-dealkylation sites (N-methyl/N-ethyl adjacent to an activating group) is 1. The quantitative estimate of drug-likeness (QED) is 0.750. The number of anilines is 2. The van der Waals surface area contributed by atoms with E-state index < -0.39 is 0 Å². The van der Waals surface area contributed by atoms with Crippen LogP contribution in [0.3, 0.4) is 0 Å². The molecule has 32 heavy (non-hydrogen) atoms. The molecule has 0 bridgehead atoms. The number of hydrogen-bond acceptors (Lipinski definition) is 6. The van der Waals surface area contributed by atoms with E-state index in [2.05, 4.69) is 69.0 Å². The molecule has 0 saturated carbocycles. The van der Waals surface area contributed by atoms with Crippen LogP contribution >= 0.6 is 0 Å². The van der Waals surface area contributed by atoms with Crippen LogP contribution in [0.5, 0.6) is 0 Å². The number of carbonyl (C=O) groups excluding carboxylic acids is 1. The summed E-state index contributed by atoms with van der Waals surface area (Å²) in [4.78, 5) is 26.9. The Morgan fingerprint density at radius 2 is 1.59 bits per heavy atom. The Kier molecular flexibility index (Phi) is 7.27. The summed E-state index contributed by atoms with van der Waals surface area (Å²) in [5.74, 6) is 0.936. The smallest absolute Gasteiger partial charge is 0.251 e. The van der Waals surface area contributed by atoms with Gasteiger partial charge in [0.05, 0.1) is 0 Å². The van der Waals surface area contributed by atoms with Crippen molar-refractivity contribution in [3.05, 3.63) is 53.7 Å². The van der Waals surface area contributed by atoms with E-state index in [4.69, 9.17) is 0 Å². The highest BCUT2D eigenvalue weighted by Crippen LogP contribution is 2.20. The van der Waals surface area contributed by atoms with E-state index in [1.54, 1.807) is 0 Å². The van der Waals surface area contributed by atoms with Gasteiger partial charge in [-0.1, -0.05) is 6.07 Å². The number of rotatable bonds is 6. The first-order valence-corrected chi connectivity index (χ1v) is 11.8. The summed E-state index contributed by atoms with van der Waals surface area (Å²) in [6, 6.07) is 12.6. The summed E-state index contributed by atoms with van der Waals surface area (Å²) < 4.78 is 0. The second-order valence-corrected chi connectivity index (χ2v) is 9.12. The first-order chi connectivity index (χ1) is 15.5. The first kappa shape index (κ1) is 22.6. The maximum Gasteiger partial charge on any atom is 0.251 e. The summed E-state index contributed by atoms with van der Waals surface area (Å²) in [5.41, 5.74) is 2.94. The zero-order valence-electron chi connectivity index (χ0n) is 19.6. The van der Waals surface area contributed by atoms with Gasteiger partial charge < -0.3 is 20.0 Å².